The summed E-state index contributed by atoms with van der Waals surface area (Å²) in [5.41, 5.74) is -0.166. The number of rotatable bonds is 1. The second kappa shape index (κ2) is 4.19. The van der Waals surface area contributed by atoms with Gasteiger partial charge in [-0.2, -0.15) is 0 Å². The Bertz CT molecular complexity index is 394. The molecule has 2 N–H and O–H groups in total. The molecule has 0 atom stereocenters. The molecule has 0 radical (unpaired) electrons. The molecule has 1 aromatic carbocycles. The van der Waals surface area contributed by atoms with Crippen molar-refractivity contribution in [1.82, 2.24) is 0 Å². The lowest BCUT2D eigenvalue weighted by Gasteiger charge is -2.03. The molecule has 0 aliphatic carbocycles. The van der Waals surface area contributed by atoms with Crippen LogP contribution in [0.2, 0.25) is 0 Å². The first kappa shape index (κ1) is 10.6. The summed E-state index contributed by atoms with van der Waals surface area (Å²) in [6.45, 7) is 0. The minimum atomic E-state index is -1.66. The van der Waals surface area contributed by atoms with Crippen molar-refractivity contribution < 1.29 is 19.1 Å². The molecule has 1 aromatic rings. The zero-order chi connectivity index (χ0) is 10.7. The maximum atomic E-state index is 13.0. The zero-order valence-electron chi connectivity index (χ0n) is 6.75. The number of anilines is 1. The quantitative estimate of drug-likeness (QED) is 0.755. The predicted molar refractivity (Wildman–Crippen MR) is 50.4 cm³/mol. The Balaban J connectivity index is 2.87. The summed E-state index contributed by atoms with van der Waals surface area (Å²) in [6.07, 6.45) is 0. The number of hydrogen-bond donors (Lipinski definition) is 2. The molecule has 1 rings (SSSR count). The molecule has 0 saturated heterocycles. The van der Waals surface area contributed by atoms with E-state index in [-0.39, 0.29) is 5.69 Å². The number of carbonyl (C=O) groups excluding carboxylic acids is 1. The van der Waals surface area contributed by atoms with Crippen LogP contribution in [0.25, 0.3) is 0 Å². The van der Waals surface area contributed by atoms with E-state index in [1.807, 2.05) is 5.32 Å². The van der Waals surface area contributed by atoms with E-state index in [4.69, 9.17) is 5.11 Å². The largest absolute Gasteiger partial charge is 0.474 e. The molecule has 1 amide bonds. The molecule has 74 valence electrons. The summed E-state index contributed by atoms with van der Waals surface area (Å²) in [5, 5.41) is 10.1. The number of halogens is 2. The van der Waals surface area contributed by atoms with Gasteiger partial charge >= 0.3 is 11.9 Å². The summed E-state index contributed by atoms with van der Waals surface area (Å²) in [7, 11) is 0. The summed E-state index contributed by atoms with van der Waals surface area (Å²) in [6, 6.07) is 3.87. The van der Waals surface area contributed by atoms with Gasteiger partial charge in [-0.1, -0.05) is 15.9 Å². The van der Waals surface area contributed by atoms with Crippen molar-refractivity contribution in [1.29, 1.82) is 0 Å². The van der Waals surface area contributed by atoms with Crippen molar-refractivity contribution in [3.63, 3.8) is 0 Å². The number of carboxylic acids is 1. The lowest BCUT2D eigenvalue weighted by atomic mass is 10.3. The topological polar surface area (TPSA) is 66.4 Å². The van der Waals surface area contributed by atoms with Crippen LogP contribution >= 0.6 is 15.9 Å². The Morgan fingerprint density at radius 1 is 1.43 bits per heavy atom. The van der Waals surface area contributed by atoms with Gasteiger partial charge in [0.05, 0.1) is 5.69 Å². The minimum absolute atomic E-state index is 0.166. The van der Waals surface area contributed by atoms with Crippen molar-refractivity contribution in [2.75, 3.05) is 5.32 Å². The highest BCUT2D eigenvalue weighted by Gasteiger charge is 2.13. The maximum Gasteiger partial charge on any atom is 0.394 e. The smallest absolute Gasteiger partial charge is 0.394 e. The van der Waals surface area contributed by atoms with Crippen LogP contribution in [-0.2, 0) is 9.59 Å². The lowest BCUT2D eigenvalue weighted by Crippen LogP contribution is -2.22. The van der Waals surface area contributed by atoms with Gasteiger partial charge in [0, 0.05) is 4.47 Å². The highest BCUT2D eigenvalue weighted by atomic mass is 79.9. The third-order valence-electron chi connectivity index (χ3n) is 1.37. The molecule has 0 heterocycles. The van der Waals surface area contributed by atoms with Gasteiger partial charge in [0.2, 0.25) is 0 Å². The van der Waals surface area contributed by atoms with Crippen molar-refractivity contribution >= 4 is 33.5 Å². The lowest BCUT2D eigenvalue weighted by molar-refractivity contribution is -0.147. The Hall–Kier alpha value is -1.43. The van der Waals surface area contributed by atoms with Gasteiger partial charge in [0.25, 0.3) is 0 Å². The Morgan fingerprint density at radius 3 is 2.57 bits per heavy atom. The fourth-order valence-electron chi connectivity index (χ4n) is 0.767. The first-order chi connectivity index (χ1) is 6.50. The number of aliphatic carboxylic acids is 1. The van der Waals surface area contributed by atoms with Crippen molar-refractivity contribution in [3.05, 3.63) is 28.5 Å². The van der Waals surface area contributed by atoms with Gasteiger partial charge in [-0.25, -0.2) is 9.18 Å². The second-order valence-corrected chi connectivity index (χ2v) is 3.30. The number of benzene rings is 1. The molecular weight excluding hydrogens is 257 g/mol. The van der Waals surface area contributed by atoms with Crippen molar-refractivity contribution in [2.45, 2.75) is 0 Å². The first-order valence-electron chi connectivity index (χ1n) is 3.50. The standard InChI is InChI=1S/C8H5BrFNO3/c9-4-1-2-6(5(10)3-4)11-7(12)8(13)14/h1-3H,(H,11,12)(H,13,14). The van der Waals surface area contributed by atoms with Crippen LogP contribution in [-0.4, -0.2) is 17.0 Å². The van der Waals surface area contributed by atoms with E-state index in [9.17, 15) is 14.0 Å². The molecule has 0 spiro atoms. The molecule has 14 heavy (non-hydrogen) atoms. The third kappa shape index (κ3) is 2.53. The normalized spacial score (nSPS) is 9.57. The Labute approximate surface area is 86.9 Å². The molecule has 0 fully saturated rings. The van der Waals surface area contributed by atoms with E-state index in [1.165, 1.54) is 12.1 Å². The molecule has 0 bridgehead atoms. The third-order valence-corrected chi connectivity index (χ3v) is 1.87. The van der Waals surface area contributed by atoms with E-state index in [0.717, 1.165) is 6.07 Å². The Kier molecular flexibility index (Phi) is 3.19. The van der Waals surface area contributed by atoms with Gasteiger partial charge < -0.3 is 10.4 Å². The molecule has 4 nitrogen and oxygen atoms in total. The van der Waals surface area contributed by atoms with Crippen molar-refractivity contribution in [3.8, 4) is 0 Å². The average molecular weight is 262 g/mol. The highest BCUT2D eigenvalue weighted by molar-refractivity contribution is 9.10. The van der Waals surface area contributed by atoms with Crippen LogP contribution in [0.4, 0.5) is 10.1 Å². The van der Waals surface area contributed by atoms with Crippen LogP contribution in [0.15, 0.2) is 22.7 Å². The van der Waals surface area contributed by atoms with Gasteiger partial charge in [-0.15, -0.1) is 0 Å². The van der Waals surface area contributed by atoms with E-state index < -0.39 is 17.7 Å². The number of carbonyl (C=O) groups is 2. The van der Waals surface area contributed by atoms with E-state index in [0.29, 0.717) is 4.47 Å². The number of carboxylic acid groups (broad SMARTS) is 1. The van der Waals surface area contributed by atoms with Crippen molar-refractivity contribution in [2.24, 2.45) is 0 Å². The molecule has 0 aliphatic rings. The minimum Gasteiger partial charge on any atom is -0.474 e. The molecule has 0 aliphatic heterocycles. The number of nitrogens with one attached hydrogen (secondary N) is 1. The first-order valence-corrected chi connectivity index (χ1v) is 4.29. The maximum absolute atomic E-state index is 13.0. The summed E-state index contributed by atoms with van der Waals surface area (Å²) >= 11 is 3.02. The van der Waals surface area contributed by atoms with E-state index in [2.05, 4.69) is 15.9 Å². The number of amides is 1. The SMILES string of the molecule is O=C(O)C(=O)Nc1ccc(Br)cc1F. The van der Waals surface area contributed by atoms with E-state index >= 15 is 0 Å². The van der Waals surface area contributed by atoms with Gasteiger partial charge in [0.15, 0.2) is 0 Å². The summed E-state index contributed by atoms with van der Waals surface area (Å²) in [5.74, 6) is -3.63. The molecule has 0 aromatic heterocycles. The predicted octanol–water partition coefficient (Wildman–Crippen LogP) is 1.61. The Morgan fingerprint density at radius 2 is 2.07 bits per heavy atom. The molecule has 0 saturated carbocycles. The van der Waals surface area contributed by atoms with Gasteiger partial charge in [0.1, 0.15) is 5.82 Å². The molecule has 0 unspecified atom stereocenters. The summed E-state index contributed by atoms with van der Waals surface area (Å²) in [4.78, 5) is 20.8. The van der Waals surface area contributed by atoms with E-state index in [1.54, 1.807) is 0 Å². The van der Waals surface area contributed by atoms with Crippen LogP contribution in [0.3, 0.4) is 0 Å². The number of hydrogen-bond acceptors (Lipinski definition) is 2. The fourth-order valence-corrected chi connectivity index (χ4v) is 1.10. The highest BCUT2D eigenvalue weighted by Crippen LogP contribution is 2.18. The average Bonchev–Trinajstić information content (AvgIpc) is 2.09. The molecule has 6 heteroatoms. The monoisotopic (exact) mass is 261 g/mol. The van der Waals surface area contributed by atoms with Crippen LogP contribution in [0, 0.1) is 5.82 Å². The van der Waals surface area contributed by atoms with Gasteiger partial charge in [-0.05, 0) is 18.2 Å². The summed E-state index contributed by atoms with van der Waals surface area (Å²) < 4.78 is 13.5. The van der Waals surface area contributed by atoms with Gasteiger partial charge in [-0.3, -0.25) is 4.79 Å². The fraction of sp³-hybridized carbons (Fsp3) is 0. The van der Waals surface area contributed by atoms with Crippen LogP contribution in [0.1, 0.15) is 0 Å². The van der Waals surface area contributed by atoms with Crippen LogP contribution in [0.5, 0.6) is 0 Å². The van der Waals surface area contributed by atoms with Crippen LogP contribution < -0.4 is 5.32 Å². The second-order valence-electron chi connectivity index (χ2n) is 2.38. The zero-order valence-corrected chi connectivity index (χ0v) is 8.34. The molecular formula is C8H5BrFNO3.